The maximum atomic E-state index is 12.1. The van der Waals surface area contributed by atoms with E-state index in [1.807, 2.05) is 18.2 Å². The largest absolute Gasteiger partial charge is 0.350 e. The summed E-state index contributed by atoms with van der Waals surface area (Å²) < 4.78 is 1.14. The predicted molar refractivity (Wildman–Crippen MR) is 86.5 cm³/mol. The van der Waals surface area contributed by atoms with Crippen LogP contribution in [0.2, 0.25) is 0 Å². The third-order valence-corrected chi connectivity index (χ3v) is 4.92. The van der Waals surface area contributed by atoms with Gasteiger partial charge in [-0.1, -0.05) is 6.07 Å². The minimum atomic E-state index is 0.0314. The van der Waals surface area contributed by atoms with Gasteiger partial charge in [0.25, 0.3) is 5.91 Å². The molecule has 1 unspecified atom stereocenters. The molecule has 1 fully saturated rings. The van der Waals surface area contributed by atoms with Gasteiger partial charge in [0.1, 0.15) is 0 Å². The van der Waals surface area contributed by atoms with Crippen LogP contribution >= 0.6 is 22.6 Å². The van der Waals surface area contributed by atoms with Crippen LogP contribution in [0.15, 0.2) is 18.2 Å². The second-order valence-electron chi connectivity index (χ2n) is 5.27. The fourth-order valence-corrected chi connectivity index (χ4v) is 2.90. The molecule has 1 aliphatic rings. The van der Waals surface area contributed by atoms with Gasteiger partial charge in [-0.2, -0.15) is 0 Å². The summed E-state index contributed by atoms with van der Waals surface area (Å²) in [5.74, 6) is 0.0314. The van der Waals surface area contributed by atoms with Gasteiger partial charge in [0.05, 0.1) is 0 Å². The van der Waals surface area contributed by atoms with E-state index >= 15 is 0 Å². The Morgan fingerprint density at radius 1 is 1.42 bits per heavy atom. The Morgan fingerprint density at radius 2 is 2.11 bits per heavy atom. The minimum absolute atomic E-state index is 0.0314. The van der Waals surface area contributed by atoms with Crippen LogP contribution in [0, 0.1) is 10.5 Å². The lowest BCUT2D eigenvalue weighted by Gasteiger charge is -2.23. The lowest BCUT2D eigenvalue weighted by molar-refractivity contribution is 0.0940. The molecule has 0 aliphatic carbocycles. The van der Waals surface area contributed by atoms with Crippen molar-refractivity contribution in [1.29, 1.82) is 0 Å². The Morgan fingerprint density at radius 3 is 2.74 bits per heavy atom. The average Bonchev–Trinajstić information content (AvgIpc) is 2.92. The molecule has 0 bridgehead atoms. The first kappa shape index (κ1) is 14.8. The summed E-state index contributed by atoms with van der Waals surface area (Å²) in [6.07, 6.45) is 2.57. The topological polar surface area (TPSA) is 32.3 Å². The van der Waals surface area contributed by atoms with Crippen molar-refractivity contribution in [1.82, 2.24) is 10.2 Å². The molecule has 3 nitrogen and oxygen atoms in total. The standard InChI is InChI=1S/C15H21IN2O/c1-11-5-6-13(9-14(11)16)15(19)17-10-12(2)18-7-3-4-8-18/h5-6,9,12H,3-4,7-8,10H2,1-2H3,(H,17,19). The summed E-state index contributed by atoms with van der Waals surface area (Å²) in [5, 5.41) is 3.04. The van der Waals surface area contributed by atoms with E-state index in [1.54, 1.807) is 0 Å². The Balaban J connectivity index is 1.88. The molecule has 1 amide bonds. The number of carbonyl (C=O) groups is 1. The molecule has 4 heteroatoms. The van der Waals surface area contributed by atoms with Gasteiger partial charge in [0, 0.05) is 21.7 Å². The highest BCUT2D eigenvalue weighted by atomic mass is 127. The quantitative estimate of drug-likeness (QED) is 0.825. The zero-order valence-electron chi connectivity index (χ0n) is 11.6. The molecule has 104 valence electrons. The molecule has 1 saturated heterocycles. The van der Waals surface area contributed by atoms with E-state index in [-0.39, 0.29) is 5.91 Å². The minimum Gasteiger partial charge on any atom is -0.350 e. The van der Waals surface area contributed by atoms with Crippen molar-refractivity contribution >= 4 is 28.5 Å². The zero-order valence-corrected chi connectivity index (χ0v) is 13.7. The highest BCUT2D eigenvalue weighted by Gasteiger charge is 2.18. The lowest BCUT2D eigenvalue weighted by Crippen LogP contribution is -2.40. The van der Waals surface area contributed by atoms with Crippen LogP contribution in [0.4, 0.5) is 0 Å². The Labute approximate surface area is 128 Å². The van der Waals surface area contributed by atoms with Crippen molar-refractivity contribution in [2.45, 2.75) is 32.7 Å². The van der Waals surface area contributed by atoms with Crippen molar-refractivity contribution in [2.24, 2.45) is 0 Å². The van der Waals surface area contributed by atoms with Crippen LogP contribution in [0.5, 0.6) is 0 Å². The van der Waals surface area contributed by atoms with Gasteiger partial charge in [-0.25, -0.2) is 0 Å². The molecule has 1 aromatic carbocycles. The van der Waals surface area contributed by atoms with E-state index in [4.69, 9.17) is 0 Å². The average molecular weight is 372 g/mol. The molecule has 2 rings (SSSR count). The van der Waals surface area contributed by atoms with Gasteiger partial charge in [0.2, 0.25) is 0 Å². The molecule has 0 aromatic heterocycles. The van der Waals surface area contributed by atoms with E-state index in [0.717, 1.165) is 15.7 Å². The SMILES string of the molecule is Cc1ccc(C(=O)NCC(C)N2CCCC2)cc1I. The second kappa shape index (κ2) is 6.70. The van der Waals surface area contributed by atoms with Crippen LogP contribution < -0.4 is 5.32 Å². The predicted octanol–water partition coefficient (Wildman–Crippen LogP) is 2.81. The van der Waals surface area contributed by atoms with E-state index in [0.29, 0.717) is 6.04 Å². The smallest absolute Gasteiger partial charge is 0.251 e. The number of nitrogens with zero attached hydrogens (tertiary/aromatic N) is 1. The third kappa shape index (κ3) is 3.92. The van der Waals surface area contributed by atoms with Crippen molar-refractivity contribution in [2.75, 3.05) is 19.6 Å². The Bertz CT molecular complexity index is 455. The first-order valence-electron chi connectivity index (χ1n) is 6.86. The van der Waals surface area contributed by atoms with Gasteiger partial charge in [-0.3, -0.25) is 9.69 Å². The number of likely N-dealkylation sites (tertiary alicyclic amines) is 1. The molecular formula is C15H21IN2O. The zero-order chi connectivity index (χ0) is 13.8. The molecule has 0 radical (unpaired) electrons. The number of rotatable bonds is 4. The molecule has 1 aliphatic heterocycles. The normalized spacial score (nSPS) is 17.4. The highest BCUT2D eigenvalue weighted by Crippen LogP contribution is 2.14. The maximum Gasteiger partial charge on any atom is 0.251 e. The van der Waals surface area contributed by atoms with Crippen LogP contribution in [0.25, 0.3) is 0 Å². The summed E-state index contributed by atoms with van der Waals surface area (Å²) in [6, 6.07) is 6.27. The van der Waals surface area contributed by atoms with Gasteiger partial charge < -0.3 is 5.32 Å². The number of nitrogens with one attached hydrogen (secondary N) is 1. The van der Waals surface area contributed by atoms with Crippen molar-refractivity contribution < 1.29 is 4.79 Å². The molecular weight excluding hydrogens is 351 g/mol. The number of aryl methyl sites for hydroxylation is 1. The highest BCUT2D eigenvalue weighted by molar-refractivity contribution is 14.1. The molecule has 0 saturated carbocycles. The lowest BCUT2D eigenvalue weighted by atomic mass is 10.1. The summed E-state index contributed by atoms with van der Waals surface area (Å²) >= 11 is 2.27. The Kier molecular flexibility index (Phi) is 5.21. The fraction of sp³-hybridized carbons (Fsp3) is 0.533. The molecule has 1 heterocycles. The van der Waals surface area contributed by atoms with Crippen LogP contribution in [0.3, 0.4) is 0 Å². The van der Waals surface area contributed by atoms with E-state index in [2.05, 4.69) is 46.7 Å². The van der Waals surface area contributed by atoms with Gasteiger partial charge in [-0.05, 0) is 80.1 Å². The monoisotopic (exact) mass is 372 g/mol. The molecule has 19 heavy (non-hydrogen) atoms. The number of amides is 1. The van der Waals surface area contributed by atoms with Gasteiger partial charge in [0.15, 0.2) is 0 Å². The number of carbonyl (C=O) groups excluding carboxylic acids is 1. The van der Waals surface area contributed by atoms with Gasteiger partial charge in [-0.15, -0.1) is 0 Å². The van der Waals surface area contributed by atoms with Crippen LogP contribution in [0.1, 0.15) is 35.7 Å². The number of benzene rings is 1. The van der Waals surface area contributed by atoms with E-state index < -0.39 is 0 Å². The summed E-state index contributed by atoms with van der Waals surface area (Å²) in [5.41, 5.74) is 1.96. The maximum absolute atomic E-state index is 12.1. The van der Waals surface area contributed by atoms with Crippen LogP contribution in [-0.2, 0) is 0 Å². The molecule has 1 aromatic rings. The van der Waals surface area contributed by atoms with Gasteiger partial charge >= 0.3 is 0 Å². The van der Waals surface area contributed by atoms with Crippen molar-refractivity contribution in [3.05, 3.63) is 32.9 Å². The third-order valence-electron chi connectivity index (χ3n) is 3.76. The van der Waals surface area contributed by atoms with E-state index in [1.165, 1.54) is 31.5 Å². The fourth-order valence-electron chi connectivity index (χ4n) is 2.39. The summed E-state index contributed by atoms with van der Waals surface area (Å²) in [7, 11) is 0. The Hall–Kier alpha value is -0.620. The summed E-state index contributed by atoms with van der Waals surface area (Å²) in [4.78, 5) is 14.5. The first-order valence-corrected chi connectivity index (χ1v) is 7.94. The molecule has 1 atom stereocenters. The summed E-state index contributed by atoms with van der Waals surface area (Å²) in [6.45, 7) is 7.30. The van der Waals surface area contributed by atoms with E-state index in [9.17, 15) is 4.79 Å². The van der Waals surface area contributed by atoms with Crippen LogP contribution in [-0.4, -0.2) is 36.5 Å². The molecule has 1 N–H and O–H groups in total. The number of hydrogen-bond acceptors (Lipinski definition) is 2. The first-order chi connectivity index (χ1) is 9.08. The molecule has 0 spiro atoms. The van der Waals surface area contributed by atoms with Crippen molar-refractivity contribution in [3.8, 4) is 0 Å². The van der Waals surface area contributed by atoms with Crippen molar-refractivity contribution in [3.63, 3.8) is 0 Å². The number of halogens is 1. The number of hydrogen-bond donors (Lipinski definition) is 1. The second-order valence-corrected chi connectivity index (χ2v) is 6.43.